The number of amides is 1. The zero-order valence-electron chi connectivity index (χ0n) is 12.2. The summed E-state index contributed by atoms with van der Waals surface area (Å²) in [5, 5.41) is 3.23. The van der Waals surface area contributed by atoms with Gasteiger partial charge in [0.2, 0.25) is 5.91 Å². The molecule has 1 amide bonds. The Balaban J connectivity index is 2.05. The summed E-state index contributed by atoms with van der Waals surface area (Å²) in [5.41, 5.74) is 2.93. The third-order valence-electron chi connectivity index (χ3n) is 3.11. The molecule has 0 radical (unpaired) electrons. The summed E-state index contributed by atoms with van der Waals surface area (Å²) in [6, 6.07) is 5.90. The van der Waals surface area contributed by atoms with E-state index < -0.39 is 0 Å². The number of nitrogens with zero attached hydrogens (tertiary/aromatic N) is 3. The van der Waals surface area contributed by atoms with Crippen LogP contribution in [0.25, 0.3) is 0 Å². The highest BCUT2D eigenvalue weighted by Crippen LogP contribution is 2.19. The molecule has 1 heterocycles. The van der Waals surface area contributed by atoms with Crippen molar-refractivity contribution in [3.8, 4) is 0 Å². The number of carbonyl (C=O) groups excluding carboxylic acids is 1. The molecule has 1 aromatic carbocycles. The van der Waals surface area contributed by atoms with Crippen molar-refractivity contribution in [3.63, 3.8) is 0 Å². The number of likely N-dealkylation sites (N-methyl/N-ethyl adjacent to an activating group) is 1. The number of carbonyl (C=O) groups is 1. The summed E-state index contributed by atoms with van der Waals surface area (Å²) in [7, 11) is 1.77. The number of hydrogen-bond donors (Lipinski definition) is 1. The minimum absolute atomic E-state index is 0.114. The highest BCUT2D eigenvalue weighted by Gasteiger charge is 2.11. The molecule has 110 valence electrons. The van der Waals surface area contributed by atoms with Gasteiger partial charge in [-0.05, 0) is 25.0 Å². The maximum Gasteiger partial charge on any atom is 0.243 e. The number of benzene rings is 1. The molecule has 0 unspecified atom stereocenters. The van der Waals surface area contributed by atoms with Gasteiger partial charge in [0, 0.05) is 12.7 Å². The summed E-state index contributed by atoms with van der Waals surface area (Å²) >= 11 is 5.80. The Labute approximate surface area is 129 Å². The van der Waals surface area contributed by atoms with Crippen LogP contribution >= 0.6 is 11.6 Å². The Hall–Kier alpha value is -2.14. The zero-order chi connectivity index (χ0) is 15.4. The molecule has 2 aromatic rings. The quantitative estimate of drug-likeness (QED) is 0.943. The maximum atomic E-state index is 12.2. The topological polar surface area (TPSA) is 58.1 Å². The summed E-state index contributed by atoms with van der Waals surface area (Å²) in [6.45, 7) is 4.10. The summed E-state index contributed by atoms with van der Waals surface area (Å²) in [5.74, 6) is 0.441. The highest BCUT2D eigenvalue weighted by molar-refractivity contribution is 6.29. The van der Waals surface area contributed by atoms with Crippen LogP contribution in [0.5, 0.6) is 0 Å². The molecule has 1 N–H and O–H groups in total. The monoisotopic (exact) mass is 304 g/mol. The van der Waals surface area contributed by atoms with Crippen LogP contribution in [-0.4, -0.2) is 29.5 Å². The molecule has 0 aliphatic heterocycles. The van der Waals surface area contributed by atoms with Gasteiger partial charge < -0.3 is 10.2 Å². The van der Waals surface area contributed by atoms with E-state index in [4.69, 9.17) is 11.6 Å². The molecule has 0 aliphatic rings. The second-order valence-electron chi connectivity index (χ2n) is 4.87. The van der Waals surface area contributed by atoms with E-state index in [1.54, 1.807) is 18.1 Å². The highest BCUT2D eigenvalue weighted by atomic mass is 35.5. The molecule has 0 aliphatic carbocycles. The van der Waals surface area contributed by atoms with Crippen molar-refractivity contribution in [2.24, 2.45) is 0 Å². The van der Waals surface area contributed by atoms with E-state index in [1.807, 2.05) is 32.0 Å². The minimum Gasteiger partial charge on any atom is -0.349 e. The molecule has 2 rings (SSSR count). The summed E-state index contributed by atoms with van der Waals surface area (Å²) in [4.78, 5) is 21.9. The van der Waals surface area contributed by atoms with Crippen molar-refractivity contribution >= 4 is 29.0 Å². The van der Waals surface area contributed by atoms with Crippen LogP contribution in [0.15, 0.2) is 30.6 Å². The predicted octanol–water partition coefficient (Wildman–Crippen LogP) is 2.82. The van der Waals surface area contributed by atoms with Crippen molar-refractivity contribution < 1.29 is 4.79 Å². The molecule has 0 fully saturated rings. The number of aromatic nitrogens is 2. The van der Waals surface area contributed by atoms with E-state index in [0.29, 0.717) is 11.0 Å². The molecule has 0 spiro atoms. The van der Waals surface area contributed by atoms with Gasteiger partial charge in [-0.15, -0.1) is 0 Å². The van der Waals surface area contributed by atoms with Crippen LogP contribution < -0.4 is 10.2 Å². The maximum absolute atomic E-state index is 12.2. The van der Waals surface area contributed by atoms with Crippen molar-refractivity contribution in [1.29, 1.82) is 0 Å². The fourth-order valence-corrected chi connectivity index (χ4v) is 2.15. The molecular formula is C15H17ClN4O. The number of nitrogens with one attached hydrogen (secondary N) is 1. The number of halogens is 1. The Bertz CT molecular complexity index is 640. The van der Waals surface area contributed by atoms with Crippen LogP contribution in [0.1, 0.15) is 11.1 Å². The molecule has 6 heteroatoms. The molecule has 21 heavy (non-hydrogen) atoms. The largest absolute Gasteiger partial charge is 0.349 e. The lowest BCUT2D eigenvalue weighted by Crippen LogP contribution is -2.31. The van der Waals surface area contributed by atoms with Gasteiger partial charge in [-0.25, -0.2) is 4.98 Å². The van der Waals surface area contributed by atoms with Crippen LogP contribution in [0.3, 0.4) is 0 Å². The Morgan fingerprint density at radius 2 is 1.95 bits per heavy atom. The third-order valence-corrected chi connectivity index (χ3v) is 3.29. The van der Waals surface area contributed by atoms with Crippen molar-refractivity contribution in [1.82, 2.24) is 9.97 Å². The lowest BCUT2D eigenvalue weighted by Gasteiger charge is -2.18. The van der Waals surface area contributed by atoms with Gasteiger partial charge in [-0.3, -0.25) is 9.78 Å². The normalized spacial score (nSPS) is 10.3. The first-order valence-electron chi connectivity index (χ1n) is 6.52. The first-order valence-corrected chi connectivity index (χ1v) is 6.90. The standard InChI is InChI=1S/C15H17ClN4O/c1-10-5-4-6-11(2)15(10)19-14(21)9-20(3)13-8-17-7-12(16)18-13/h4-8H,9H2,1-3H3,(H,19,21). The van der Waals surface area contributed by atoms with Crippen LogP contribution in [0.2, 0.25) is 5.15 Å². The van der Waals surface area contributed by atoms with E-state index >= 15 is 0 Å². The number of rotatable bonds is 4. The average molecular weight is 305 g/mol. The summed E-state index contributed by atoms with van der Waals surface area (Å²) in [6.07, 6.45) is 3.02. The Morgan fingerprint density at radius 3 is 2.57 bits per heavy atom. The van der Waals surface area contributed by atoms with Crippen LogP contribution in [0.4, 0.5) is 11.5 Å². The smallest absolute Gasteiger partial charge is 0.243 e. The Kier molecular flexibility index (Phi) is 4.75. The van der Waals surface area contributed by atoms with Gasteiger partial charge >= 0.3 is 0 Å². The average Bonchev–Trinajstić information content (AvgIpc) is 2.43. The van der Waals surface area contributed by atoms with Crippen molar-refractivity contribution in [3.05, 3.63) is 46.9 Å². The molecule has 5 nitrogen and oxygen atoms in total. The lowest BCUT2D eigenvalue weighted by atomic mass is 10.1. The van der Waals surface area contributed by atoms with Crippen molar-refractivity contribution in [2.75, 3.05) is 23.8 Å². The Morgan fingerprint density at radius 1 is 1.29 bits per heavy atom. The molecule has 0 bridgehead atoms. The van der Waals surface area contributed by atoms with Gasteiger partial charge in [-0.1, -0.05) is 29.8 Å². The van der Waals surface area contributed by atoms with Crippen LogP contribution in [-0.2, 0) is 4.79 Å². The fourth-order valence-electron chi connectivity index (χ4n) is 2.00. The van der Waals surface area contributed by atoms with Crippen LogP contribution in [0, 0.1) is 13.8 Å². The van der Waals surface area contributed by atoms with E-state index in [9.17, 15) is 4.79 Å². The molecule has 0 atom stereocenters. The van der Waals surface area contributed by atoms with Gasteiger partial charge in [-0.2, -0.15) is 0 Å². The second-order valence-corrected chi connectivity index (χ2v) is 5.26. The number of hydrogen-bond acceptors (Lipinski definition) is 4. The lowest BCUT2D eigenvalue weighted by molar-refractivity contribution is -0.114. The predicted molar refractivity (Wildman–Crippen MR) is 84.9 cm³/mol. The summed E-state index contributed by atoms with van der Waals surface area (Å²) < 4.78 is 0. The number of aryl methyl sites for hydroxylation is 2. The van der Waals surface area contributed by atoms with Gasteiger partial charge in [0.1, 0.15) is 11.0 Å². The van der Waals surface area contributed by atoms with E-state index in [2.05, 4.69) is 15.3 Å². The van der Waals surface area contributed by atoms with E-state index in [-0.39, 0.29) is 12.5 Å². The molecule has 0 saturated heterocycles. The van der Waals surface area contributed by atoms with E-state index in [0.717, 1.165) is 16.8 Å². The first-order chi connectivity index (χ1) is 9.97. The van der Waals surface area contributed by atoms with E-state index in [1.165, 1.54) is 6.20 Å². The SMILES string of the molecule is Cc1cccc(C)c1NC(=O)CN(C)c1cncc(Cl)n1. The molecular weight excluding hydrogens is 288 g/mol. The third kappa shape index (κ3) is 3.92. The van der Waals surface area contributed by atoms with Crippen molar-refractivity contribution in [2.45, 2.75) is 13.8 Å². The molecule has 1 aromatic heterocycles. The van der Waals surface area contributed by atoms with Gasteiger partial charge in [0.25, 0.3) is 0 Å². The fraction of sp³-hybridized carbons (Fsp3) is 0.267. The number of para-hydroxylation sites is 1. The zero-order valence-corrected chi connectivity index (χ0v) is 13.0. The molecule has 0 saturated carbocycles. The van der Waals surface area contributed by atoms with Gasteiger partial charge in [0.15, 0.2) is 0 Å². The minimum atomic E-state index is -0.114. The van der Waals surface area contributed by atoms with Gasteiger partial charge in [0.05, 0.1) is 18.9 Å². The number of anilines is 2. The first kappa shape index (κ1) is 15.3. The second kappa shape index (κ2) is 6.54.